The summed E-state index contributed by atoms with van der Waals surface area (Å²) >= 11 is 1.85. The Morgan fingerprint density at radius 3 is 2.83 bits per heavy atom. The van der Waals surface area contributed by atoms with E-state index in [9.17, 15) is 4.79 Å². The van der Waals surface area contributed by atoms with Gasteiger partial charge in [0.05, 0.1) is 0 Å². The predicted octanol–water partition coefficient (Wildman–Crippen LogP) is 2.34. The number of nitrogens with zero attached hydrogens (tertiary/aromatic N) is 2. The number of nitrogens with one attached hydrogen (secondary N) is 2. The quantitative estimate of drug-likeness (QED) is 0.471. The summed E-state index contributed by atoms with van der Waals surface area (Å²) in [6, 6.07) is 10.7. The molecule has 2 atom stereocenters. The first-order chi connectivity index (χ1) is 11.6. The second-order valence-electron chi connectivity index (χ2n) is 6.02. The van der Waals surface area contributed by atoms with Crippen LogP contribution in [-0.4, -0.2) is 54.7 Å². The first-order valence-corrected chi connectivity index (χ1v) is 9.47. The van der Waals surface area contributed by atoms with Gasteiger partial charge in [-0.3, -0.25) is 9.79 Å². The van der Waals surface area contributed by atoms with Gasteiger partial charge in [-0.2, -0.15) is 0 Å². The van der Waals surface area contributed by atoms with E-state index in [2.05, 4.69) is 46.8 Å². The van der Waals surface area contributed by atoms with Crippen LogP contribution in [0.25, 0.3) is 0 Å². The highest BCUT2D eigenvalue weighted by Crippen LogP contribution is 2.21. The van der Waals surface area contributed by atoms with Crippen LogP contribution in [0.5, 0.6) is 0 Å². The molecule has 1 aliphatic heterocycles. The van der Waals surface area contributed by atoms with Crippen molar-refractivity contribution in [3.8, 4) is 0 Å². The van der Waals surface area contributed by atoms with E-state index in [-0.39, 0.29) is 11.9 Å². The van der Waals surface area contributed by atoms with Crippen molar-refractivity contribution in [2.45, 2.75) is 42.9 Å². The molecule has 0 bridgehead atoms. The first-order valence-electron chi connectivity index (χ1n) is 8.59. The minimum absolute atomic E-state index is 0.232. The number of guanidine groups is 1. The molecule has 2 N–H and O–H groups in total. The monoisotopic (exact) mass is 348 g/mol. The van der Waals surface area contributed by atoms with Crippen molar-refractivity contribution in [1.29, 1.82) is 0 Å². The largest absolute Gasteiger partial charge is 0.355 e. The van der Waals surface area contributed by atoms with Gasteiger partial charge in [0.2, 0.25) is 5.91 Å². The zero-order valence-electron chi connectivity index (χ0n) is 14.8. The van der Waals surface area contributed by atoms with E-state index in [1.165, 1.54) is 4.90 Å². The topological polar surface area (TPSA) is 56.7 Å². The Kier molecular flexibility index (Phi) is 7.43. The van der Waals surface area contributed by atoms with Crippen molar-refractivity contribution in [1.82, 2.24) is 15.5 Å². The Hall–Kier alpha value is -1.69. The van der Waals surface area contributed by atoms with Crippen LogP contribution in [0.4, 0.5) is 0 Å². The maximum atomic E-state index is 11.8. The SMILES string of the molecule is CCC(=O)N1CCC(NC(=NC)NCC(C)Sc2ccccc2)C1. The van der Waals surface area contributed by atoms with Gasteiger partial charge in [0.1, 0.15) is 0 Å². The molecule has 1 heterocycles. The summed E-state index contributed by atoms with van der Waals surface area (Å²) in [7, 11) is 1.79. The van der Waals surface area contributed by atoms with Gasteiger partial charge in [0, 0.05) is 49.3 Å². The van der Waals surface area contributed by atoms with Gasteiger partial charge in [0.15, 0.2) is 5.96 Å². The molecule has 2 unspecified atom stereocenters. The molecular weight excluding hydrogens is 320 g/mol. The van der Waals surface area contributed by atoms with Crippen LogP contribution in [0.2, 0.25) is 0 Å². The lowest BCUT2D eigenvalue weighted by Crippen LogP contribution is -2.46. The minimum Gasteiger partial charge on any atom is -0.355 e. The number of aliphatic imine (C=N–C) groups is 1. The minimum atomic E-state index is 0.232. The lowest BCUT2D eigenvalue weighted by Gasteiger charge is -2.20. The highest BCUT2D eigenvalue weighted by atomic mass is 32.2. The summed E-state index contributed by atoms with van der Waals surface area (Å²) < 4.78 is 0. The number of rotatable bonds is 6. The molecule has 0 spiro atoms. The molecule has 5 nitrogen and oxygen atoms in total. The molecule has 1 saturated heterocycles. The molecule has 0 saturated carbocycles. The number of carbonyl (C=O) groups excluding carboxylic acids is 1. The maximum Gasteiger partial charge on any atom is 0.222 e. The molecule has 1 aromatic rings. The highest BCUT2D eigenvalue weighted by molar-refractivity contribution is 8.00. The van der Waals surface area contributed by atoms with Crippen LogP contribution in [0.15, 0.2) is 40.2 Å². The zero-order chi connectivity index (χ0) is 17.4. The molecule has 6 heteroatoms. The van der Waals surface area contributed by atoms with Gasteiger partial charge in [-0.15, -0.1) is 11.8 Å². The van der Waals surface area contributed by atoms with Gasteiger partial charge in [-0.1, -0.05) is 32.0 Å². The van der Waals surface area contributed by atoms with Crippen molar-refractivity contribution in [2.24, 2.45) is 4.99 Å². The second kappa shape index (κ2) is 9.57. The van der Waals surface area contributed by atoms with Gasteiger partial charge < -0.3 is 15.5 Å². The number of likely N-dealkylation sites (tertiary alicyclic amines) is 1. The van der Waals surface area contributed by atoms with Crippen LogP contribution in [0.3, 0.4) is 0 Å². The number of hydrogen-bond acceptors (Lipinski definition) is 3. The summed E-state index contributed by atoms with van der Waals surface area (Å²) in [6.45, 7) is 6.55. The lowest BCUT2D eigenvalue weighted by molar-refractivity contribution is -0.129. The van der Waals surface area contributed by atoms with E-state index >= 15 is 0 Å². The van der Waals surface area contributed by atoms with E-state index in [0.29, 0.717) is 11.7 Å². The molecule has 0 radical (unpaired) electrons. The van der Waals surface area contributed by atoms with Crippen molar-refractivity contribution in [3.63, 3.8) is 0 Å². The molecule has 24 heavy (non-hydrogen) atoms. The molecule has 0 aliphatic carbocycles. The Morgan fingerprint density at radius 2 is 2.17 bits per heavy atom. The van der Waals surface area contributed by atoms with Crippen molar-refractivity contribution in [2.75, 3.05) is 26.7 Å². The summed E-state index contributed by atoms with van der Waals surface area (Å²) in [5, 5.41) is 7.26. The number of hydrogen-bond donors (Lipinski definition) is 2. The van der Waals surface area contributed by atoms with Gasteiger partial charge in [0.25, 0.3) is 0 Å². The molecule has 1 fully saturated rings. The lowest BCUT2D eigenvalue weighted by atomic mass is 10.3. The fraction of sp³-hybridized carbons (Fsp3) is 0.556. The van der Waals surface area contributed by atoms with E-state index in [1.54, 1.807) is 7.05 Å². The van der Waals surface area contributed by atoms with Crippen LogP contribution >= 0.6 is 11.8 Å². The average molecular weight is 349 g/mol. The Morgan fingerprint density at radius 1 is 1.42 bits per heavy atom. The number of thioether (sulfide) groups is 1. The maximum absolute atomic E-state index is 11.8. The first kappa shape index (κ1) is 18.6. The fourth-order valence-electron chi connectivity index (χ4n) is 2.73. The van der Waals surface area contributed by atoms with Crippen molar-refractivity contribution in [3.05, 3.63) is 30.3 Å². The number of benzene rings is 1. The summed E-state index contributed by atoms with van der Waals surface area (Å²) in [4.78, 5) is 19.3. The fourth-order valence-corrected chi connectivity index (χ4v) is 3.68. The standard InChI is InChI=1S/C18H28N4OS/c1-4-17(23)22-11-10-15(13-22)21-18(19-3)20-12-14(2)24-16-8-6-5-7-9-16/h5-9,14-15H,4,10-13H2,1-3H3,(H2,19,20,21). The smallest absolute Gasteiger partial charge is 0.222 e. The summed E-state index contributed by atoms with van der Waals surface area (Å²) in [6.07, 6.45) is 1.55. The van der Waals surface area contributed by atoms with Crippen LogP contribution in [-0.2, 0) is 4.79 Å². The number of carbonyl (C=O) groups is 1. The van der Waals surface area contributed by atoms with Crippen molar-refractivity contribution < 1.29 is 4.79 Å². The second-order valence-corrected chi connectivity index (χ2v) is 7.53. The Bertz CT molecular complexity index is 549. The summed E-state index contributed by atoms with van der Waals surface area (Å²) in [5.41, 5.74) is 0. The molecule has 2 rings (SSSR count). The predicted molar refractivity (Wildman–Crippen MR) is 102 cm³/mol. The third-order valence-electron chi connectivity index (χ3n) is 4.05. The van der Waals surface area contributed by atoms with E-state index in [0.717, 1.165) is 32.0 Å². The molecule has 0 aromatic heterocycles. The van der Waals surface area contributed by atoms with Crippen LogP contribution in [0, 0.1) is 0 Å². The van der Waals surface area contributed by atoms with Crippen molar-refractivity contribution >= 4 is 23.6 Å². The van der Waals surface area contributed by atoms with Gasteiger partial charge >= 0.3 is 0 Å². The van der Waals surface area contributed by atoms with Gasteiger partial charge in [-0.05, 0) is 18.6 Å². The molecule has 1 aliphatic rings. The Labute approximate surface area is 149 Å². The van der Waals surface area contributed by atoms with Gasteiger partial charge in [-0.25, -0.2) is 0 Å². The average Bonchev–Trinajstić information content (AvgIpc) is 3.07. The molecule has 132 valence electrons. The third kappa shape index (κ3) is 5.74. The van der Waals surface area contributed by atoms with Crippen LogP contribution in [0.1, 0.15) is 26.7 Å². The molecule has 1 aromatic carbocycles. The molecular formula is C18H28N4OS. The third-order valence-corrected chi connectivity index (χ3v) is 5.16. The Balaban J connectivity index is 1.74. The number of amides is 1. The van der Waals surface area contributed by atoms with E-state index in [4.69, 9.17) is 0 Å². The normalized spacial score (nSPS) is 19.2. The van der Waals surface area contributed by atoms with E-state index in [1.807, 2.05) is 29.7 Å². The molecule has 1 amide bonds. The van der Waals surface area contributed by atoms with Crippen LogP contribution < -0.4 is 10.6 Å². The zero-order valence-corrected chi connectivity index (χ0v) is 15.6. The summed E-state index contributed by atoms with van der Waals surface area (Å²) in [5.74, 6) is 1.04. The highest BCUT2D eigenvalue weighted by Gasteiger charge is 2.25. The van der Waals surface area contributed by atoms with E-state index < -0.39 is 0 Å².